The van der Waals surface area contributed by atoms with Gasteiger partial charge in [0.25, 0.3) is 0 Å². The van der Waals surface area contributed by atoms with Gasteiger partial charge >= 0.3 is 5.97 Å². The molecule has 21 heavy (non-hydrogen) atoms. The summed E-state index contributed by atoms with van der Waals surface area (Å²) >= 11 is 0. The van der Waals surface area contributed by atoms with E-state index < -0.39 is 0 Å². The molecular weight excluding hydrogens is 274 g/mol. The minimum Gasteiger partial charge on any atom is -0.465 e. The summed E-state index contributed by atoms with van der Waals surface area (Å²) in [7, 11) is 0. The maximum absolute atomic E-state index is 11.4. The van der Waals surface area contributed by atoms with Gasteiger partial charge in [-0.2, -0.15) is 15.0 Å². The minimum atomic E-state index is -0.368. The Labute approximate surface area is 121 Å². The van der Waals surface area contributed by atoms with Crippen LogP contribution in [0.2, 0.25) is 0 Å². The van der Waals surface area contributed by atoms with Crippen LogP contribution in [0, 0.1) is 0 Å². The third-order valence-electron chi connectivity index (χ3n) is 2.39. The van der Waals surface area contributed by atoms with Gasteiger partial charge in [0, 0.05) is 18.9 Å². The molecule has 0 saturated carbocycles. The Morgan fingerprint density at radius 1 is 1.24 bits per heavy atom. The molecule has 0 unspecified atom stereocenters. The Kier molecular flexibility index (Phi) is 5.02. The van der Waals surface area contributed by atoms with Crippen LogP contribution in [0.5, 0.6) is 0 Å². The fourth-order valence-electron chi connectivity index (χ4n) is 1.54. The van der Waals surface area contributed by atoms with E-state index >= 15 is 0 Å². The maximum Gasteiger partial charge on any atom is 0.325 e. The van der Waals surface area contributed by atoms with Crippen molar-refractivity contribution in [2.45, 2.75) is 13.8 Å². The third kappa shape index (κ3) is 4.13. The second kappa shape index (κ2) is 7.17. The number of carbonyl (C=O) groups is 1. The van der Waals surface area contributed by atoms with E-state index in [0.717, 1.165) is 0 Å². The van der Waals surface area contributed by atoms with E-state index in [4.69, 9.17) is 4.74 Å². The maximum atomic E-state index is 11.4. The van der Waals surface area contributed by atoms with Crippen molar-refractivity contribution in [2.75, 3.05) is 30.3 Å². The zero-order valence-electron chi connectivity index (χ0n) is 11.9. The van der Waals surface area contributed by atoms with Crippen LogP contribution in [0.15, 0.2) is 18.7 Å². The summed E-state index contributed by atoms with van der Waals surface area (Å²) in [4.78, 5) is 28.0. The molecule has 0 fully saturated rings. The number of ether oxygens (including phenoxy) is 1. The van der Waals surface area contributed by atoms with Gasteiger partial charge in [0.05, 0.1) is 6.61 Å². The number of nitrogens with one attached hydrogen (secondary N) is 2. The van der Waals surface area contributed by atoms with Gasteiger partial charge in [0.2, 0.25) is 17.8 Å². The molecule has 0 saturated heterocycles. The molecule has 2 aromatic rings. The van der Waals surface area contributed by atoms with Gasteiger partial charge < -0.3 is 15.4 Å². The monoisotopic (exact) mass is 291 g/mol. The summed E-state index contributed by atoms with van der Waals surface area (Å²) in [6.07, 6.45) is 4.93. The van der Waals surface area contributed by atoms with Gasteiger partial charge in [-0.15, -0.1) is 0 Å². The molecule has 2 heterocycles. The van der Waals surface area contributed by atoms with Crippen LogP contribution in [0.3, 0.4) is 0 Å². The quantitative estimate of drug-likeness (QED) is 0.709. The van der Waals surface area contributed by atoms with Gasteiger partial charge in [-0.05, 0) is 13.8 Å². The highest BCUT2D eigenvalue weighted by molar-refractivity contribution is 5.74. The van der Waals surface area contributed by atoms with Crippen LogP contribution in [0.25, 0.3) is 5.95 Å². The number of anilines is 2. The molecular formula is C12H17N7O2. The smallest absolute Gasteiger partial charge is 0.325 e. The lowest BCUT2D eigenvalue weighted by Gasteiger charge is -2.09. The summed E-state index contributed by atoms with van der Waals surface area (Å²) in [5.41, 5.74) is 0. The standard InChI is InChI=1S/C12H17N7O2/c1-3-14-10-16-11(15-7-9(20)21-4-2)18-12(17-10)19-6-5-13-8-19/h5-6,8H,3-4,7H2,1-2H3,(H2,14,15,16,17,18). The van der Waals surface area contributed by atoms with E-state index in [1.807, 2.05) is 6.92 Å². The fraction of sp³-hybridized carbons (Fsp3) is 0.417. The van der Waals surface area contributed by atoms with Gasteiger partial charge in [0.1, 0.15) is 12.9 Å². The molecule has 9 nitrogen and oxygen atoms in total. The van der Waals surface area contributed by atoms with Crippen molar-refractivity contribution in [1.82, 2.24) is 24.5 Å². The molecule has 112 valence electrons. The summed E-state index contributed by atoms with van der Waals surface area (Å²) in [5, 5.41) is 5.83. The lowest BCUT2D eigenvalue weighted by atomic mass is 10.6. The lowest BCUT2D eigenvalue weighted by Crippen LogP contribution is -2.19. The van der Waals surface area contributed by atoms with E-state index in [0.29, 0.717) is 25.0 Å². The van der Waals surface area contributed by atoms with E-state index in [9.17, 15) is 4.79 Å². The highest BCUT2D eigenvalue weighted by Gasteiger charge is 2.09. The second-order valence-electron chi connectivity index (χ2n) is 3.94. The first kappa shape index (κ1) is 14.7. The number of hydrogen-bond acceptors (Lipinski definition) is 8. The van der Waals surface area contributed by atoms with Crippen LogP contribution in [0.1, 0.15) is 13.8 Å². The average Bonchev–Trinajstić information content (AvgIpc) is 3.00. The van der Waals surface area contributed by atoms with E-state index in [1.165, 1.54) is 0 Å². The van der Waals surface area contributed by atoms with E-state index in [-0.39, 0.29) is 18.5 Å². The zero-order chi connectivity index (χ0) is 15.1. The predicted molar refractivity (Wildman–Crippen MR) is 76.2 cm³/mol. The molecule has 2 N–H and O–H groups in total. The predicted octanol–water partition coefficient (Wildman–Crippen LogP) is 0.464. The van der Waals surface area contributed by atoms with Gasteiger partial charge in [-0.1, -0.05) is 0 Å². The second-order valence-corrected chi connectivity index (χ2v) is 3.94. The number of rotatable bonds is 7. The van der Waals surface area contributed by atoms with Crippen LogP contribution < -0.4 is 10.6 Å². The molecule has 0 radical (unpaired) electrons. The minimum absolute atomic E-state index is 0.00716. The number of aromatic nitrogens is 5. The summed E-state index contributed by atoms with van der Waals surface area (Å²) in [5.74, 6) is 0.747. The average molecular weight is 291 g/mol. The molecule has 0 amide bonds. The molecule has 0 spiro atoms. The number of esters is 1. The lowest BCUT2D eigenvalue weighted by molar-refractivity contribution is -0.140. The van der Waals surface area contributed by atoms with Crippen LogP contribution in [-0.4, -0.2) is 50.2 Å². The number of carbonyl (C=O) groups excluding carboxylic acids is 1. The molecule has 0 bridgehead atoms. The number of imidazole rings is 1. The number of nitrogens with zero attached hydrogens (tertiary/aromatic N) is 5. The zero-order valence-corrected chi connectivity index (χ0v) is 11.9. The van der Waals surface area contributed by atoms with Crippen molar-refractivity contribution in [3.05, 3.63) is 18.7 Å². The highest BCUT2D eigenvalue weighted by Crippen LogP contribution is 2.08. The highest BCUT2D eigenvalue weighted by atomic mass is 16.5. The molecule has 9 heteroatoms. The SMILES string of the molecule is CCNc1nc(NCC(=O)OCC)nc(-n2ccnc2)n1. The molecule has 0 aliphatic carbocycles. The Balaban J connectivity index is 2.17. The summed E-state index contributed by atoms with van der Waals surface area (Å²) < 4.78 is 6.49. The summed E-state index contributed by atoms with van der Waals surface area (Å²) in [6, 6.07) is 0. The Morgan fingerprint density at radius 2 is 2.00 bits per heavy atom. The Bertz CT molecular complexity index is 585. The topological polar surface area (TPSA) is 107 Å². The molecule has 2 rings (SSSR count). The van der Waals surface area contributed by atoms with Crippen LogP contribution in [-0.2, 0) is 9.53 Å². The van der Waals surface area contributed by atoms with Gasteiger partial charge in [-0.25, -0.2) is 4.98 Å². The van der Waals surface area contributed by atoms with Gasteiger partial charge in [0.15, 0.2) is 0 Å². The van der Waals surface area contributed by atoms with Gasteiger partial charge in [-0.3, -0.25) is 9.36 Å². The third-order valence-corrected chi connectivity index (χ3v) is 2.39. The largest absolute Gasteiger partial charge is 0.465 e. The van der Waals surface area contributed by atoms with Crippen LogP contribution >= 0.6 is 0 Å². The van der Waals surface area contributed by atoms with Crippen molar-refractivity contribution < 1.29 is 9.53 Å². The first-order chi connectivity index (χ1) is 10.2. The van der Waals surface area contributed by atoms with Crippen molar-refractivity contribution in [3.63, 3.8) is 0 Å². The van der Waals surface area contributed by atoms with Crippen molar-refractivity contribution in [3.8, 4) is 5.95 Å². The molecule has 0 aliphatic heterocycles. The van der Waals surface area contributed by atoms with Crippen molar-refractivity contribution in [2.24, 2.45) is 0 Å². The molecule has 0 atom stereocenters. The van der Waals surface area contributed by atoms with Crippen molar-refractivity contribution in [1.29, 1.82) is 0 Å². The fourth-order valence-corrected chi connectivity index (χ4v) is 1.54. The van der Waals surface area contributed by atoms with E-state index in [1.54, 1.807) is 30.2 Å². The normalized spacial score (nSPS) is 10.2. The molecule has 0 aromatic carbocycles. The Morgan fingerprint density at radius 3 is 2.62 bits per heavy atom. The van der Waals surface area contributed by atoms with Crippen LogP contribution in [0.4, 0.5) is 11.9 Å². The molecule has 0 aliphatic rings. The Hall–Kier alpha value is -2.71. The first-order valence-corrected chi connectivity index (χ1v) is 6.60. The molecule has 2 aromatic heterocycles. The van der Waals surface area contributed by atoms with E-state index in [2.05, 4.69) is 30.6 Å². The first-order valence-electron chi connectivity index (χ1n) is 6.60. The van der Waals surface area contributed by atoms with Crippen molar-refractivity contribution >= 4 is 17.9 Å². The summed E-state index contributed by atoms with van der Waals surface area (Å²) in [6.45, 7) is 4.69. The number of hydrogen-bond donors (Lipinski definition) is 2.